The number of rotatable bonds is 7. The third-order valence-corrected chi connectivity index (χ3v) is 6.53. The van der Waals surface area contributed by atoms with E-state index >= 15 is 0 Å². The Bertz CT molecular complexity index is 1050. The summed E-state index contributed by atoms with van der Waals surface area (Å²) in [6.07, 6.45) is 2.59. The third-order valence-electron chi connectivity index (χ3n) is 4.56. The highest BCUT2D eigenvalue weighted by Crippen LogP contribution is 2.33. The number of benzene rings is 1. The molecule has 4 rings (SSSR count). The smallest absolute Gasteiger partial charge is 0.226 e. The Hall–Kier alpha value is -2.27. The zero-order valence-electron chi connectivity index (χ0n) is 16.9. The zero-order valence-corrected chi connectivity index (χ0v) is 18.5. The molecule has 0 bridgehead atoms. The molecule has 10 heteroatoms. The van der Waals surface area contributed by atoms with Gasteiger partial charge in [-0.2, -0.15) is 0 Å². The number of aliphatic hydroxyl groups is 1. The maximum absolute atomic E-state index is 11.7. The lowest BCUT2D eigenvalue weighted by molar-refractivity contribution is -0.116. The molecule has 30 heavy (non-hydrogen) atoms. The molecule has 0 spiro atoms. The summed E-state index contributed by atoms with van der Waals surface area (Å²) in [6, 6.07) is 5.58. The highest BCUT2D eigenvalue weighted by atomic mass is 32.2. The molecule has 1 aliphatic heterocycles. The first-order valence-electron chi connectivity index (χ1n) is 9.84. The molecule has 0 unspecified atom stereocenters. The second-order valence-electron chi connectivity index (χ2n) is 7.26. The van der Waals surface area contributed by atoms with Crippen LogP contribution in [0.4, 0.5) is 16.6 Å². The maximum Gasteiger partial charge on any atom is 0.226 e. The Morgan fingerprint density at radius 1 is 1.37 bits per heavy atom. The summed E-state index contributed by atoms with van der Waals surface area (Å²) in [6.45, 7) is 6.01. The normalized spacial score (nSPS) is 14.1. The number of aliphatic hydroxyl groups excluding tert-OH is 1. The molecule has 0 aliphatic carbocycles. The van der Waals surface area contributed by atoms with E-state index in [2.05, 4.69) is 43.7 Å². The number of hydrogen-bond acceptors (Lipinski definition) is 9. The molecule has 3 aromatic rings. The molecule has 0 saturated carbocycles. The van der Waals surface area contributed by atoms with Crippen LogP contribution in [-0.2, 0) is 17.8 Å². The van der Waals surface area contributed by atoms with E-state index in [9.17, 15) is 4.79 Å². The van der Waals surface area contributed by atoms with Crippen LogP contribution in [0.5, 0.6) is 0 Å². The lowest BCUT2D eigenvalue weighted by atomic mass is 10.1. The van der Waals surface area contributed by atoms with Crippen LogP contribution in [0.2, 0.25) is 0 Å². The van der Waals surface area contributed by atoms with Gasteiger partial charge in [-0.1, -0.05) is 37.1 Å². The SMILES string of the molecule is CC(C)SN1CCc2ncnc(Nc3nc4ccc(NC(=O)CCO)cc4s3)c2C1. The van der Waals surface area contributed by atoms with Crippen LogP contribution in [0.1, 0.15) is 31.5 Å². The van der Waals surface area contributed by atoms with Crippen molar-refractivity contribution < 1.29 is 9.90 Å². The minimum absolute atomic E-state index is 0.0818. The molecular weight excluding hydrogens is 420 g/mol. The predicted octanol–water partition coefficient (Wildman–Crippen LogP) is 3.57. The molecule has 0 fully saturated rings. The van der Waals surface area contributed by atoms with Crippen LogP contribution < -0.4 is 10.6 Å². The average Bonchev–Trinajstić information content (AvgIpc) is 3.10. The number of hydrogen-bond donors (Lipinski definition) is 3. The standard InChI is InChI=1S/C20H24N6O2S2/c1-12(2)30-26-7-5-15-14(10-26)19(22-11-21-15)25-20-24-16-4-3-13(9-17(16)29-20)23-18(28)6-8-27/h3-4,9,11-12,27H,5-8,10H2,1-2H3,(H,23,28)(H,21,22,24,25). The van der Waals surface area contributed by atoms with Crippen molar-refractivity contribution in [3.05, 3.63) is 35.8 Å². The van der Waals surface area contributed by atoms with Gasteiger partial charge in [-0.25, -0.2) is 19.3 Å². The van der Waals surface area contributed by atoms with Crippen LogP contribution >= 0.6 is 23.3 Å². The number of nitrogens with zero attached hydrogens (tertiary/aromatic N) is 4. The molecular formula is C20H24N6O2S2. The largest absolute Gasteiger partial charge is 0.396 e. The molecule has 8 nitrogen and oxygen atoms in total. The Labute approximate surface area is 183 Å². The Morgan fingerprint density at radius 2 is 2.23 bits per heavy atom. The second-order valence-corrected chi connectivity index (χ2v) is 9.96. The van der Waals surface area contributed by atoms with Crippen molar-refractivity contribution in [3.63, 3.8) is 0 Å². The summed E-state index contributed by atoms with van der Waals surface area (Å²) in [5, 5.41) is 16.3. The lowest BCUT2D eigenvalue weighted by Crippen LogP contribution is -2.28. The van der Waals surface area contributed by atoms with Crippen LogP contribution in [0.15, 0.2) is 24.5 Å². The number of amides is 1. The highest BCUT2D eigenvalue weighted by molar-refractivity contribution is 7.97. The number of nitrogens with one attached hydrogen (secondary N) is 2. The lowest BCUT2D eigenvalue weighted by Gasteiger charge is -2.29. The van der Waals surface area contributed by atoms with Crippen molar-refractivity contribution in [1.82, 2.24) is 19.3 Å². The number of fused-ring (bicyclic) bond motifs is 2. The first-order valence-corrected chi connectivity index (χ1v) is 11.5. The van der Waals surface area contributed by atoms with Gasteiger partial charge in [0.25, 0.3) is 0 Å². The minimum Gasteiger partial charge on any atom is -0.396 e. The Balaban J connectivity index is 1.54. The molecule has 3 heterocycles. The molecule has 0 atom stereocenters. The van der Waals surface area contributed by atoms with Crippen molar-refractivity contribution >= 4 is 56.0 Å². The van der Waals surface area contributed by atoms with E-state index in [0.717, 1.165) is 51.9 Å². The number of carbonyl (C=O) groups excluding carboxylic acids is 1. The predicted molar refractivity (Wildman–Crippen MR) is 122 cm³/mol. The van der Waals surface area contributed by atoms with Crippen LogP contribution in [0.25, 0.3) is 10.2 Å². The van der Waals surface area contributed by atoms with Crippen LogP contribution in [-0.4, -0.2) is 48.7 Å². The summed E-state index contributed by atoms with van der Waals surface area (Å²) >= 11 is 3.36. The summed E-state index contributed by atoms with van der Waals surface area (Å²) in [5.41, 5.74) is 3.75. The van der Waals surface area contributed by atoms with Crippen molar-refractivity contribution in [2.45, 2.75) is 38.5 Å². The van der Waals surface area contributed by atoms with Gasteiger partial charge < -0.3 is 15.7 Å². The van der Waals surface area contributed by atoms with Crippen molar-refractivity contribution in [2.24, 2.45) is 0 Å². The van der Waals surface area contributed by atoms with Gasteiger partial charge in [-0.15, -0.1) is 0 Å². The van der Waals surface area contributed by atoms with Gasteiger partial charge in [-0.05, 0) is 18.2 Å². The number of aromatic nitrogens is 3. The molecule has 1 aliphatic rings. The van der Waals surface area contributed by atoms with E-state index in [-0.39, 0.29) is 18.9 Å². The summed E-state index contributed by atoms with van der Waals surface area (Å²) in [7, 11) is 0. The quantitative estimate of drug-likeness (QED) is 0.475. The molecule has 2 aromatic heterocycles. The molecule has 158 valence electrons. The third kappa shape index (κ3) is 4.89. The number of carbonyl (C=O) groups is 1. The van der Waals surface area contributed by atoms with Crippen LogP contribution in [0, 0.1) is 0 Å². The van der Waals surface area contributed by atoms with E-state index in [4.69, 9.17) is 5.11 Å². The zero-order chi connectivity index (χ0) is 21.1. The van der Waals surface area contributed by atoms with E-state index in [0.29, 0.717) is 10.9 Å². The fourth-order valence-electron chi connectivity index (χ4n) is 3.29. The second kappa shape index (κ2) is 9.25. The fourth-order valence-corrected chi connectivity index (χ4v) is 5.20. The highest BCUT2D eigenvalue weighted by Gasteiger charge is 2.22. The molecule has 0 radical (unpaired) electrons. The molecule has 1 amide bonds. The Kier molecular flexibility index (Phi) is 6.47. The first-order chi connectivity index (χ1) is 14.5. The molecule has 1 aromatic carbocycles. The Morgan fingerprint density at radius 3 is 3.03 bits per heavy atom. The van der Waals surface area contributed by atoms with Gasteiger partial charge in [0, 0.05) is 36.0 Å². The topological polar surface area (TPSA) is 103 Å². The monoisotopic (exact) mass is 444 g/mol. The number of anilines is 3. The molecule has 3 N–H and O–H groups in total. The van der Waals surface area contributed by atoms with Crippen molar-refractivity contribution in [2.75, 3.05) is 23.8 Å². The summed E-state index contributed by atoms with van der Waals surface area (Å²) in [4.78, 5) is 25.3. The van der Waals surface area contributed by atoms with Gasteiger partial charge >= 0.3 is 0 Å². The maximum atomic E-state index is 11.7. The summed E-state index contributed by atoms with van der Waals surface area (Å²) < 4.78 is 3.32. The van der Waals surface area contributed by atoms with E-state index in [1.165, 1.54) is 11.3 Å². The minimum atomic E-state index is -0.212. The number of thiazole rings is 1. The van der Waals surface area contributed by atoms with Gasteiger partial charge in [0.2, 0.25) is 5.91 Å². The van der Waals surface area contributed by atoms with Gasteiger partial charge in [0.15, 0.2) is 5.13 Å². The van der Waals surface area contributed by atoms with Crippen LogP contribution in [0.3, 0.4) is 0 Å². The van der Waals surface area contributed by atoms with Gasteiger partial charge in [0.05, 0.1) is 28.9 Å². The van der Waals surface area contributed by atoms with E-state index in [1.54, 1.807) is 6.33 Å². The first kappa shape index (κ1) is 21.0. The van der Waals surface area contributed by atoms with Crippen molar-refractivity contribution in [1.29, 1.82) is 0 Å². The van der Waals surface area contributed by atoms with Gasteiger partial charge in [0.1, 0.15) is 12.1 Å². The average molecular weight is 445 g/mol. The molecule has 0 saturated heterocycles. The summed E-state index contributed by atoms with van der Waals surface area (Å²) in [5.74, 6) is 0.584. The van der Waals surface area contributed by atoms with Gasteiger partial charge in [-0.3, -0.25) is 4.79 Å². The van der Waals surface area contributed by atoms with E-state index in [1.807, 2.05) is 30.1 Å². The van der Waals surface area contributed by atoms with Crippen molar-refractivity contribution in [3.8, 4) is 0 Å². The fraction of sp³-hybridized carbons (Fsp3) is 0.400. The van der Waals surface area contributed by atoms with E-state index < -0.39 is 0 Å².